The molecule has 1 rings (SSSR count). The Hall–Kier alpha value is 0.0516. The van der Waals surface area contributed by atoms with Gasteiger partial charge in [0.1, 0.15) is 5.60 Å². The van der Waals surface area contributed by atoms with Crippen molar-refractivity contribution in [3.8, 4) is 0 Å². The molecule has 1 aliphatic rings. The number of esters is 1. The van der Waals surface area contributed by atoms with Crippen molar-refractivity contribution in [3.05, 3.63) is 5.73 Å². The van der Waals surface area contributed by atoms with Crippen LogP contribution in [0, 0.1) is 61.8 Å². The average molecular weight is 663 g/mol. The Labute approximate surface area is 216 Å². The summed E-state index contributed by atoms with van der Waals surface area (Å²) in [5.74, 6) is -2.31. The summed E-state index contributed by atoms with van der Waals surface area (Å²) in [5.41, 5.74) is 8.06. The second kappa shape index (κ2) is 12.3. The van der Waals surface area contributed by atoms with Crippen LogP contribution in [0.15, 0.2) is 0 Å². The second-order valence-electron chi connectivity index (χ2n) is 8.56. The van der Waals surface area contributed by atoms with Crippen LogP contribution in [-0.4, -0.2) is 57.6 Å². The van der Waals surface area contributed by atoms with Gasteiger partial charge in [0.05, 0.1) is 25.4 Å². The van der Waals surface area contributed by atoms with Crippen LogP contribution in [0.25, 0.3) is 5.73 Å². The van der Waals surface area contributed by atoms with Crippen LogP contribution < -0.4 is 5.32 Å². The van der Waals surface area contributed by atoms with Gasteiger partial charge in [-0.2, -0.15) is 8.42 Å². The monoisotopic (exact) mass is 662 g/mol. The molecule has 1 saturated carbocycles. The van der Waals surface area contributed by atoms with Crippen LogP contribution in [0.5, 0.6) is 0 Å². The Kier molecular flexibility index (Phi) is 12.4. The summed E-state index contributed by atoms with van der Waals surface area (Å²) in [6.07, 6.45) is 0.632. The number of methoxy groups -OCH3 is 1. The number of rotatable bonds is 8. The summed E-state index contributed by atoms with van der Waals surface area (Å²) in [7, 11) is -2.69. The molecule has 1 aliphatic carbocycles. The molecule has 0 bridgehead atoms. The molecule has 5 atom stereocenters. The molecule has 173 valence electrons. The van der Waals surface area contributed by atoms with E-state index in [1.54, 1.807) is 20.8 Å². The minimum Gasteiger partial charge on any atom is -0.674 e. The maximum Gasteiger partial charge on any atom is 0.407 e. The Morgan fingerprint density at radius 1 is 1.20 bits per heavy atom. The zero-order chi connectivity index (χ0) is 22.6. The Bertz CT molecular complexity index is 677. The summed E-state index contributed by atoms with van der Waals surface area (Å²) in [6.45, 7) is 9.07. The number of carbonyl (C=O) groups is 2. The van der Waals surface area contributed by atoms with E-state index in [4.69, 9.17) is 19.4 Å². The van der Waals surface area contributed by atoms with Crippen LogP contribution in [0.3, 0.4) is 0 Å². The van der Waals surface area contributed by atoms with Gasteiger partial charge in [0.25, 0.3) is 10.1 Å². The largest absolute Gasteiger partial charge is 0.674 e. The van der Waals surface area contributed by atoms with Crippen LogP contribution in [0.2, 0.25) is 0 Å². The second-order valence-corrected chi connectivity index (χ2v) is 10.2. The van der Waals surface area contributed by atoms with E-state index < -0.39 is 57.8 Å². The first-order chi connectivity index (χ1) is 13.2. The first-order valence-electron chi connectivity index (χ1n) is 9.90. The first kappa shape index (κ1) is 30.1. The SMILES string of the molecule is CCC(CC)C([NH-])[C@@H]1[C@H](OS(C)(=O)=O)[C@@H](C(=O)OC)C[C@H]1NC(=O)OC(C)(C)C.[Ac]. The molecule has 2 N–H and O–H groups in total. The smallest absolute Gasteiger partial charge is 0.407 e. The summed E-state index contributed by atoms with van der Waals surface area (Å²) in [6, 6.07) is -1.41. The third-order valence-electron chi connectivity index (χ3n) is 5.21. The minimum absolute atomic E-state index is 0. The summed E-state index contributed by atoms with van der Waals surface area (Å²) in [4.78, 5) is 24.7. The molecule has 0 aliphatic heterocycles. The Morgan fingerprint density at radius 3 is 2.13 bits per heavy atom. The molecule has 0 spiro atoms. The van der Waals surface area contributed by atoms with Crippen molar-refractivity contribution in [2.45, 2.75) is 77.7 Å². The van der Waals surface area contributed by atoms with Crippen molar-refractivity contribution in [2.75, 3.05) is 13.4 Å². The molecule has 1 radical (unpaired) electrons. The third kappa shape index (κ3) is 8.89. The predicted molar refractivity (Wildman–Crippen MR) is 109 cm³/mol. The van der Waals surface area contributed by atoms with Gasteiger partial charge in [-0.1, -0.05) is 32.6 Å². The Morgan fingerprint density at radius 2 is 1.73 bits per heavy atom. The molecule has 1 amide bonds. The topological polar surface area (TPSA) is 132 Å². The standard InChI is InChI=1S/C19H35N2O7S.Ac/c1-8-11(9-2)15(20)14-13(21-18(23)27-19(3,4)5)10-12(17(22)26-6)16(14)28-29(7,24)25;/h11-16,20H,8-10H2,1-7H3,(H,21,23);/q-1;/t12-,13+,14+,15?,16+;/m0./s1. The van der Waals surface area contributed by atoms with E-state index in [1.165, 1.54) is 7.11 Å². The van der Waals surface area contributed by atoms with Gasteiger partial charge in [0, 0.05) is 50.1 Å². The molecule has 0 aromatic heterocycles. The van der Waals surface area contributed by atoms with Crippen molar-refractivity contribution in [1.29, 1.82) is 0 Å². The molecule has 0 aromatic rings. The van der Waals surface area contributed by atoms with Crippen LogP contribution in [0.1, 0.15) is 53.9 Å². The maximum atomic E-state index is 12.4. The van der Waals surface area contributed by atoms with Gasteiger partial charge < -0.3 is 20.5 Å². The number of hydrogen-bond acceptors (Lipinski definition) is 7. The van der Waals surface area contributed by atoms with Crippen LogP contribution >= 0.6 is 0 Å². The van der Waals surface area contributed by atoms with Gasteiger partial charge in [-0.3, -0.25) is 8.98 Å². The maximum absolute atomic E-state index is 12.4. The van der Waals surface area contributed by atoms with E-state index in [0.717, 1.165) is 6.26 Å². The van der Waals surface area contributed by atoms with Crippen LogP contribution in [0.4, 0.5) is 4.79 Å². The third-order valence-corrected chi connectivity index (χ3v) is 5.78. The first-order valence-corrected chi connectivity index (χ1v) is 11.7. The van der Waals surface area contributed by atoms with Gasteiger partial charge >= 0.3 is 12.1 Å². The number of amides is 1. The van der Waals surface area contributed by atoms with Gasteiger partial charge in [-0.25, -0.2) is 4.79 Å². The molecule has 0 aromatic carbocycles. The van der Waals surface area contributed by atoms with Crippen molar-refractivity contribution >= 4 is 22.2 Å². The van der Waals surface area contributed by atoms with Gasteiger partial charge in [0.2, 0.25) is 0 Å². The summed E-state index contributed by atoms with van der Waals surface area (Å²) in [5, 5.41) is 2.73. The fourth-order valence-corrected chi connectivity index (χ4v) is 4.62. The van der Waals surface area contributed by atoms with Gasteiger partial charge in [0.15, 0.2) is 0 Å². The molecule has 1 fully saturated rings. The molecule has 0 heterocycles. The van der Waals surface area contributed by atoms with E-state index in [1.807, 2.05) is 13.8 Å². The number of alkyl carbamates (subject to hydrolysis) is 1. The quantitative estimate of drug-likeness (QED) is 0.313. The van der Waals surface area contributed by atoms with E-state index in [2.05, 4.69) is 5.32 Å². The minimum atomic E-state index is -3.90. The van der Waals surface area contributed by atoms with Crippen molar-refractivity contribution in [1.82, 2.24) is 5.32 Å². The van der Waals surface area contributed by atoms with Gasteiger partial charge in [-0.15, -0.1) is 6.04 Å². The molecule has 1 unspecified atom stereocenters. The normalized spacial score (nSPS) is 25.4. The zero-order valence-electron chi connectivity index (χ0n) is 18.9. The van der Waals surface area contributed by atoms with Crippen LogP contribution in [-0.2, 0) is 28.6 Å². The summed E-state index contributed by atoms with van der Waals surface area (Å²) >= 11 is 0. The molecular formula is C19H35AcN2O7S-. The van der Waals surface area contributed by atoms with Crippen molar-refractivity contribution in [3.63, 3.8) is 0 Å². The fourth-order valence-electron chi connectivity index (χ4n) is 3.96. The van der Waals surface area contributed by atoms with E-state index >= 15 is 0 Å². The van der Waals surface area contributed by atoms with E-state index in [0.29, 0.717) is 12.8 Å². The van der Waals surface area contributed by atoms with E-state index in [-0.39, 0.29) is 56.4 Å². The number of nitrogens with one attached hydrogen (secondary N) is 2. The predicted octanol–water partition coefficient (Wildman–Crippen LogP) is 2.89. The number of carbonyl (C=O) groups excluding carboxylic acids is 2. The number of ether oxygens (including phenoxy) is 2. The molecular weight excluding hydrogens is 627 g/mol. The Balaban J connectivity index is 0.00000841. The molecule has 9 nitrogen and oxygen atoms in total. The summed E-state index contributed by atoms with van der Waals surface area (Å²) < 4.78 is 39.2. The average Bonchev–Trinajstić information content (AvgIpc) is 2.89. The van der Waals surface area contributed by atoms with Crippen molar-refractivity contribution < 1.29 is 75.7 Å². The molecule has 11 heteroatoms. The molecule has 0 saturated heterocycles. The fraction of sp³-hybridized carbons (Fsp3) is 0.895. The van der Waals surface area contributed by atoms with Crippen molar-refractivity contribution in [2.24, 2.45) is 17.8 Å². The zero-order valence-corrected chi connectivity index (χ0v) is 24.5. The molecule has 30 heavy (non-hydrogen) atoms. The van der Waals surface area contributed by atoms with E-state index in [9.17, 15) is 18.0 Å². The van der Waals surface area contributed by atoms with Gasteiger partial charge in [-0.05, 0) is 33.1 Å². The number of hydrogen-bond donors (Lipinski definition) is 1.